The van der Waals surface area contributed by atoms with Gasteiger partial charge in [0, 0.05) is 5.57 Å². The molecule has 1 aromatic carbocycles. The van der Waals surface area contributed by atoms with Gasteiger partial charge in [-0.05, 0) is 67.5 Å². The van der Waals surface area contributed by atoms with Crippen LogP contribution in [0.1, 0.15) is 26.3 Å². The van der Waals surface area contributed by atoms with Crippen molar-refractivity contribution in [2.24, 2.45) is 0 Å². The van der Waals surface area contributed by atoms with E-state index in [0.29, 0.717) is 0 Å². The van der Waals surface area contributed by atoms with E-state index in [2.05, 4.69) is 19.1 Å². The van der Waals surface area contributed by atoms with Gasteiger partial charge in [0.1, 0.15) is 11.9 Å². The Morgan fingerprint density at radius 2 is 2.10 bits per heavy atom. The molecule has 0 aliphatic heterocycles. The van der Waals surface area contributed by atoms with E-state index in [-0.39, 0.29) is 6.10 Å². The van der Waals surface area contributed by atoms with Crippen molar-refractivity contribution < 1.29 is 4.74 Å². The van der Waals surface area contributed by atoms with Crippen LogP contribution in [0, 0.1) is 19.3 Å². The molecule has 0 fully saturated rings. The van der Waals surface area contributed by atoms with Crippen LogP contribution >= 0.6 is 0 Å². The maximum atomic E-state index is 5.88. The Bertz CT molecular complexity index is 684. The normalized spacial score (nSPS) is 13.8. The first kappa shape index (κ1) is 15.9. The number of aryl methyl sites for hydroxylation is 1. The molecule has 0 saturated heterocycles. The van der Waals surface area contributed by atoms with Crippen LogP contribution in [-0.2, 0) is 0 Å². The molecule has 1 atom stereocenters. The highest BCUT2D eigenvalue weighted by molar-refractivity contribution is 5.57. The minimum atomic E-state index is -0.0215. The molecule has 1 unspecified atom stereocenters. The van der Waals surface area contributed by atoms with Crippen molar-refractivity contribution in [2.75, 3.05) is 0 Å². The van der Waals surface area contributed by atoms with Gasteiger partial charge in [-0.1, -0.05) is 25.2 Å². The van der Waals surface area contributed by atoms with E-state index in [1.807, 2.05) is 52.0 Å². The van der Waals surface area contributed by atoms with Gasteiger partial charge in [0.05, 0.1) is 0 Å². The van der Waals surface area contributed by atoms with Crippen LogP contribution in [0.3, 0.4) is 0 Å². The van der Waals surface area contributed by atoms with Gasteiger partial charge in [0.25, 0.3) is 0 Å². The summed E-state index contributed by atoms with van der Waals surface area (Å²) in [4.78, 5) is 0. The monoisotopic (exact) mass is 266 g/mol. The maximum Gasteiger partial charge on any atom is 0.121 e. The summed E-state index contributed by atoms with van der Waals surface area (Å²) in [6.07, 6.45) is 9.30. The zero-order valence-electron chi connectivity index (χ0n) is 12.8. The number of terminal acetylenes is 1. The number of hydrogen-bond acceptors (Lipinski definition) is 1. The van der Waals surface area contributed by atoms with Crippen molar-refractivity contribution in [1.82, 2.24) is 0 Å². The van der Waals surface area contributed by atoms with Crippen LogP contribution in [0.5, 0.6) is 5.75 Å². The van der Waals surface area contributed by atoms with Gasteiger partial charge >= 0.3 is 0 Å². The second kappa shape index (κ2) is 6.82. The molecule has 0 saturated carbocycles. The zero-order chi connectivity index (χ0) is 15.3. The first-order valence-electron chi connectivity index (χ1n) is 6.65. The van der Waals surface area contributed by atoms with E-state index in [0.717, 1.165) is 32.9 Å². The summed E-state index contributed by atoms with van der Waals surface area (Å²) < 4.78 is 5.88. The van der Waals surface area contributed by atoms with Crippen LogP contribution in [0.15, 0.2) is 35.9 Å². The Labute approximate surface area is 122 Å². The third-order valence-electron chi connectivity index (χ3n) is 3.28. The Morgan fingerprint density at radius 1 is 1.45 bits per heavy atom. The highest BCUT2D eigenvalue weighted by atomic mass is 16.5. The highest BCUT2D eigenvalue weighted by Crippen LogP contribution is 2.13. The minimum absolute atomic E-state index is 0.0215. The number of allylic oxidation sites excluding steroid dienone is 2. The molecule has 1 aromatic rings. The first-order chi connectivity index (χ1) is 9.38. The summed E-state index contributed by atoms with van der Waals surface area (Å²) in [5, 5.41) is 1.95. The molecule has 1 heteroatoms. The largest absolute Gasteiger partial charge is 0.486 e. The van der Waals surface area contributed by atoms with Crippen molar-refractivity contribution in [2.45, 2.75) is 33.8 Å². The summed E-state index contributed by atoms with van der Waals surface area (Å²) in [5.41, 5.74) is 2.90. The summed E-state index contributed by atoms with van der Waals surface area (Å²) in [6, 6.07) is 3.96. The van der Waals surface area contributed by atoms with Crippen LogP contribution in [0.25, 0.3) is 12.7 Å². The molecule has 0 N–H and O–H groups in total. The Balaban J connectivity index is 3.35. The Hall–Kier alpha value is -2.20. The van der Waals surface area contributed by atoms with E-state index >= 15 is 0 Å². The molecule has 0 aromatic heterocycles. The second-order valence-electron chi connectivity index (χ2n) is 4.95. The molecule has 0 aliphatic carbocycles. The van der Waals surface area contributed by atoms with Gasteiger partial charge < -0.3 is 4.74 Å². The zero-order valence-corrected chi connectivity index (χ0v) is 12.8. The second-order valence-corrected chi connectivity index (χ2v) is 4.95. The molecule has 0 heterocycles. The molecule has 0 aliphatic rings. The average Bonchev–Trinajstić information content (AvgIpc) is 2.40. The maximum absolute atomic E-state index is 5.88. The van der Waals surface area contributed by atoms with E-state index in [1.165, 1.54) is 0 Å². The van der Waals surface area contributed by atoms with Gasteiger partial charge in [-0.15, -0.1) is 6.42 Å². The fraction of sp³-hybridized carbons (Fsp3) is 0.263. The van der Waals surface area contributed by atoms with Crippen LogP contribution < -0.4 is 15.2 Å². The fourth-order valence-corrected chi connectivity index (χ4v) is 1.69. The third-order valence-corrected chi connectivity index (χ3v) is 3.28. The molecule has 1 rings (SSSR count). The van der Waals surface area contributed by atoms with Gasteiger partial charge in [0.15, 0.2) is 0 Å². The van der Waals surface area contributed by atoms with E-state index < -0.39 is 0 Å². The van der Waals surface area contributed by atoms with Gasteiger partial charge in [-0.3, -0.25) is 0 Å². The van der Waals surface area contributed by atoms with Crippen molar-refractivity contribution in [3.05, 3.63) is 51.9 Å². The molecule has 104 valence electrons. The van der Waals surface area contributed by atoms with E-state index in [9.17, 15) is 0 Å². The lowest BCUT2D eigenvalue weighted by molar-refractivity contribution is 0.257. The fourth-order valence-electron chi connectivity index (χ4n) is 1.69. The van der Waals surface area contributed by atoms with Crippen molar-refractivity contribution in [1.29, 1.82) is 0 Å². The standard InChI is InChI=1S/C19H22O/c1-8-17(9-2)11-18-12-19(10-14(5)15(18)6)20-16(7)13(3)4/h1,9-12,16H,3,6H2,2,4-5,7H3/b17-9-,18-11-. The lowest BCUT2D eigenvalue weighted by Crippen LogP contribution is -2.27. The van der Waals surface area contributed by atoms with Gasteiger partial charge in [0.2, 0.25) is 0 Å². The number of hydrogen-bond donors (Lipinski definition) is 0. The molecule has 1 nitrogen and oxygen atoms in total. The molecular weight excluding hydrogens is 244 g/mol. The summed E-state index contributed by atoms with van der Waals surface area (Å²) in [6.45, 7) is 15.9. The van der Waals surface area contributed by atoms with Crippen molar-refractivity contribution in [3.63, 3.8) is 0 Å². The van der Waals surface area contributed by atoms with Crippen molar-refractivity contribution in [3.8, 4) is 18.1 Å². The predicted molar refractivity (Wildman–Crippen MR) is 87.9 cm³/mol. The van der Waals surface area contributed by atoms with Crippen LogP contribution in [-0.4, -0.2) is 6.10 Å². The molecule has 0 radical (unpaired) electrons. The lowest BCUT2D eigenvalue weighted by Gasteiger charge is -2.15. The number of rotatable bonds is 4. The minimum Gasteiger partial charge on any atom is -0.486 e. The summed E-state index contributed by atoms with van der Waals surface area (Å²) in [7, 11) is 0. The molecule has 20 heavy (non-hydrogen) atoms. The van der Waals surface area contributed by atoms with Crippen LogP contribution in [0.2, 0.25) is 0 Å². The Morgan fingerprint density at radius 3 is 2.60 bits per heavy atom. The highest BCUT2D eigenvalue weighted by Gasteiger charge is 2.05. The van der Waals surface area contributed by atoms with Crippen molar-refractivity contribution >= 4 is 12.7 Å². The first-order valence-corrected chi connectivity index (χ1v) is 6.65. The molecule has 0 amide bonds. The van der Waals surface area contributed by atoms with Gasteiger partial charge in [-0.2, -0.15) is 0 Å². The third kappa shape index (κ3) is 3.90. The van der Waals surface area contributed by atoms with Gasteiger partial charge in [-0.25, -0.2) is 0 Å². The number of ether oxygens (including phenoxy) is 1. The molecule has 0 bridgehead atoms. The SMILES string of the molecule is C#CC(/C=c1/cc(OC(C)C(=C)C)cc(C)c1=C)=C/C. The average molecular weight is 266 g/mol. The predicted octanol–water partition coefficient (Wildman–Crippen LogP) is 3.11. The van der Waals surface area contributed by atoms with E-state index in [4.69, 9.17) is 11.2 Å². The topological polar surface area (TPSA) is 9.23 Å². The number of benzene rings is 1. The van der Waals surface area contributed by atoms with E-state index in [1.54, 1.807) is 0 Å². The summed E-state index contributed by atoms with van der Waals surface area (Å²) >= 11 is 0. The molecule has 0 spiro atoms. The summed E-state index contributed by atoms with van der Waals surface area (Å²) in [5.74, 6) is 3.46. The smallest absolute Gasteiger partial charge is 0.121 e. The lowest BCUT2D eigenvalue weighted by atomic mass is 10.1. The quantitative estimate of drug-likeness (QED) is 0.601. The van der Waals surface area contributed by atoms with Crippen LogP contribution in [0.4, 0.5) is 0 Å². The Kier molecular flexibility index (Phi) is 5.41. The molecular formula is C19H22O.